The summed E-state index contributed by atoms with van der Waals surface area (Å²) < 4.78 is 26.0. The minimum Gasteiger partial charge on any atom is -0.305 e. The molecule has 0 saturated carbocycles. The van der Waals surface area contributed by atoms with E-state index < -0.39 is 11.7 Å². The van der Waals surface area contributed by atoms with Gasteiger partial charge in [-0.25, -0.2) is 8.78 Å². The lowest BCUT2D eigenvalue weighted by Crippen LogP contribution is -2.33. The summed E-state index contributed by atoms with van der Waals surface area (Å²) in [6.45, 7) is 2.26. The minimum atomic E-state index is -0.830. The molecule has 1 saturated heterocycles. The van der Waals surface area contributed by atoms with Gasteiger partial charge in [0.1, 0.15) is 12.0 Å². The van der Waals surface area contributed by atoms with Crippen LogP contribution in [0.3, 0.4) is 0 Å². The van der Waals surface area contributed by atoms with Gasteiger partial charge < -0.3 is 5.32 Å². The van der Waals surface area contributed by atoms with E-state index in [9.17, 15) is 8.78 Å². The van der Waals surface area contributed by atoms with Crippen molar-refractivity contribution in [1.82, 2.24) is 5.32 Å². The van der Waals surface area contributed by atoms with Gasteiger partial charge >= 0.3 is 0 Å². The number of halogens is 2. The molecule has 1 aromatic carbocycles. The minimum absolute atomic E-state index is 0.271. The quantitative estimate of drug-likeness (QED) is 0.728. The van der Waals surface area contributed by atoms with Gasteiger partial charge in [0, 0.05) is 18.5 Å². The van der Waals surface area contributed by atoms with Gasteiger partial charge in [-0.1, -0.05) is 12.1 Å². The normalized spacial score (nSPS) is 32.1. The largest absolute Gasteiger partial charge is 0.305 e. The molecule has 3 heteroatoms. The first kappa shape index (κ1) is 9.59. The number of nitrogens with one attached hydrogen (secondary N) is 1. The number of hydrogen-bond acceptors (Lipinski definition) is 1. The highest BCUT2D eigenvalue weighted by molar-refractivity contribution is 5.26. The molecule has 0 spiro atoms. The van der Waals surface area contributed by atoms with Gasteiger partial charge in [-0.15, -0.1) is 0 Å². The fourth-order valence-electron chi connectivity index (χ4n) is 1.97. The van der Waals surface area contributed by atoms with Crippen molar-refractivity contribution in [2.75, 3.05) is 6.54 Å². The summed E-state index contributed by atoms with van der Waals surface area (Å²) in [4.78, 5) is 0. The SMILES string of the molecule is CC1(c2cccc(F)c2)CC(F)CN1. The van der Waals surface area contributed by atoms with Crippen LogP contribution in [0.2, 0.25) is 0 Å². The van der Waals surface area contributed by atoms with E-state index in [1.165, 1.54) is 12.1 Å². The zero-order valence-corrected chi connectivity index (χ0v) is 8.06. The van der Waals surface area contributed by atoms with Crippen LogP contribution in [0.4, 0.5) is 8.78 Å². The molecular weight excluding hydrogens is 184 g/mol. The Bertz CT molecular complexity index is 340. The average molecular weight is 197 g/mol. The van der Waals surface area contributed by atoms with Crippen LogP contribution in [0.15, 0.2) is 24.3 Å². The summed E-state index contributed by atoms with van der Waals surface area (Å²) in [5.74, 6) is -0.271. The molecule has 2 unspecified atom stereocenters. The Kier molecular flexibility index (Phi) is 2.27. The Morgan fingerprint density at radius 1 is 1.50 bits per heavy atom. The molecule has 1 nitrogen and oxygen atoms in total. The third-order valence-corrected chi connectivity index (χ3v) is 2.81. The van der Waals surface area contributed by atoms with E-state index in [1.807, 2.05) is 13.0 Å². The predicted molar refractivity (Wildman–Crippen MR) is 51.3 cm³/mol. The van der Waals surface area contributed by atoms with Gasteiger partial charge in [-0.05, 0) is 24.6 Å². The molecule has 1 fully saturated rings. The van der Waals surface area contributed by atoms with E-state index in [-0.39, 0.29) is 5.82 Å². The van der Waals surface area contributed by atoms with Crippen LogP contribution >= 0.6 is 0 Å². The van der Waals surface area contributed by atoms with Gasteiger partial charge in [-0.3, -0.25) is 0 Å². The van der Waals surface area contributed by atoms with Crippen molar-refractivity contribution in [3.8, 4) is 0 Å². The Hall–Kier alpha value is -0.960. The number of rotatable bonds is 1. The Labute approximate surface area is 82.1 Å². The van der Waals surface area contributed by atoms with Crippen molar-refractivity contribution in [3.05, 3.63) is 35.6 Å². The van der Waals surface area contributed by atoms with Crippen LogP contribution in [0, 0.1) is 5.82 Å². The van der Waals surface area contributed by atoms with E-state index in [0.717, 1.165) is 5.56 Å². The van der Waals surface area contributed by atoms with Gasteiger partial charge in [0.25, 0.3) is 0 Å². The molecule has 0 aromatic heterocycles. The molecule has 2 rings (SSSR count). The van der Waals surface area contributed by atoms with Gasteiger partial charge in [-0.2, -0.15) is 0 Å². The number of benzene rings is 1. The highest BCUT2D eigenvalue weighted by atomic mass is 19.1. The third kappa shape index (κ3) is 1.64. The van der Waals surface area contributed by atoms with Crippen LogP contribution in [-0.4, -0.2) is 12.7 Å². The highest BCUT2D eigenvalue weighted by Crippen LogP contribution is 2.31. The zero-order chi connectivity index (χ0) is 10.2. The standard InChI is InChI=1S/C11H13F2N/c1-11(6-10(13)7-14-11)8-3-2-4-9(12)5-8/h2-5,10,14H,6-7H2,1H3. The predicted octanol–water partition coefficient (Wildman–Crippen LogP) is 2.37. The topological polar surface area (TPSA) is 12.0 Å². The lowest BCUT2D eigenvalue weighted by Gasteiger charge is -2.24. The molecule has 0 aliphatic carbocycles. The maximum atomic E-state index is 13.0. The monoisotopic (exact) mass is 197 g/mol. The molecule has 1 heterocycles. The van der Waals surface area contributed by atoms with Crippen molar-refractivity contribution >= 4 is 0 Å². The van der Waals surface area contributed by atoms with Crippen molar-refractivity contribution in [1.29, 1.82) is 0 Å². The van der Waals surface area contributed by atoms with Crippen LogP contribution in [0.1, 0.15) is 18.9 Å². The molecule has 1 aliphatic heterocycles. The first-order chi connectivity index (χ1) is 6.60. The summed E-state index contributed by atoms with van der Waals surface area (Å²) in [6, 6.07) is 6.34. The first-order valence-corrected chi connectivity index (χ1v) is 4.75. The average Bonchev–Trinajstić information content (AvgIpc) is 2.48. The number of hydrogen-bond donors (Lipinski definition) is 1. The molecule has 1 aromatic rings. The first-order valence-electron chi connectivity index (χ1n) is 4.75. The molecule has 2 atom stereocenters. The van der Waals surface area contributed by atoms with Crippen LogP contribution in [-0.2, 0) is 5.54 Å². The molecule has 1 N–H and O–H groups in total. The molecule has 14 heavy (non-hydrogen) atoms. The van der Waals surface area contributed by atoms with E-state index in [2.05, 4.69) is 5.32 Å². The molecule has 1 aliphatic rings. The van der Waals surface area contributed by atoms with E-state index in [4.69, 9.17) is 0 Å². The molecule has 0 bridgehead atoms. The second-order valence-corrected chi connectivity index (χ2v) is 4.02. The Morgan fingerprint density at radius 3 is 2.86 bits per heavy atom. The second kappa shape index (κ2) is 3.31. The second-order valence-electron chi connectivity index (χ2n) is 4.02. The molecule has 76 valence electrons. The fraction of sp³-hybridized carbons (Fsp3) is 0.455. The highest BCUT2D eigenvalue weighted by Gasteiger charge is 2.36. The van der Waals surface area contributed by atoms with E-state index in [0.29, 0.717) is 13.0 Å². The molecular formula is C11H13F2N. The van der Waals surface area contributed by atoms with Crippen LogP contribution in [0.5, 0.6) is 0 Å². The number of alkyl halides is 1. The van der Waals surface area contributed by atoms with Gasteiger partial charge in [0.05, 0.1) is 0 Å². The molecule has 0 amide bonds. The van der Waals surface area contributed by atoms with Crippen molar-refractivity contribution in [2.24, 2.45) is 0 Å². The summed E-state index contributed by atoms with van der Waals surface area (Å²) in [5.41, 5.74) is 0.402. The van der Waals surface area contributed by atoms with E-state index in [1.54, 1.807) is 6.07 Å². The van der Waals surface area contributed by atoms with Gasteiger partial charge in [0.15, 0.2) is 0 Å². The maximum absolute atomic E-state index is 13.0. The van der Waals surface area contributed by atoms with Crippen LogP contribution < -0.4 is 5.32 Å². The van der Waals surface area contributed by atoms with Crippen molar-refractivity contribution in [2.45, 2.75) is 25.1 Å². The van der Waals surface area contributed by atoms with Crippen molar-refractivity contribution < 1.29 is 8.78 Å². The van der Waals surface area contributed by atoms with Crippen molar-refractivity contribution in [3.63, 3.8) is 0 Å². The maximum Gasteiger partial charge on any atom is 0.123 e. The summed E-state index contributed by atoms with van der Waals surface area (Å²) >= 11 is 0. The summed E-state index contributed by atoms with van der Waals surface area (Å²) in [5, 5.41) is 3.08. The lowest BCUT2D eigenvalue weighted by atomic mass is 9.90. The summed E-state index contributed by atoms with van der Waals surface area (Å²) in [7, 11) is 0. The zero-order valence-electron chi connectivity index (χ0n) is 8.06. The smallest absolute Gasteiger partial charge is 0.123 e. The van der Waals surface area contributed by atoms with E-state index >= 15 is 0 Å². The molecule has 0 radical (unpaired) electrons. The lowest BCUT2D eigenvalue weighted by molar-refractivity contribution is 0.333. The van der Waals surface area contributed by atoms with Gasteiger partial charge in [0.2, 0.25) is 0 Å². The third-order valence-electron chi connectivity index (χ3n) is 2.81. The summed E-state index contributed by atoms with van der Waals surface area (Å²) in [6.07, 6.45) is -0.417. The fourth-order valence-corrected chi connectivity index (χ4v) is 1.97. The Balaban J connectivity index is 2.30. The van der Waals surface area contributed by atoms with Crippen LogP contribution in [0.25, 0.3) is 0 Å². The Morgan fingerprint density at radius 2 is 2.29 bits per heavy atom.